The number of rotatable bonds is 8. The van der Waals surface area contributed by atoms with Crippen LogP contribution in [-0.2, 0) is 14.8 Å². The van der Waals surface area contributed by atoms with Crippen LogP contribution in [0.5, 0.6) is 17.2 Å². The second-order valence-corrected chi connectivity index (χ2v) is 9.58. The summed E-state index contributed by atoms with van der Waals surface area (Å²) in [7, 11) is -2.33. The first kappa shape index (κ1) is 23.4. The number of carbonyl (C=O) groups excluding carboxylic acids is 1. The summed E-state index contributed by atoms with van der Waals surface area (Å²) in [6.45, 7) is 2.15. The minimum absolute atomic E-state index is 0.146. The van der Waals surface area contributed by atoms with Crippen LogP contribution in [0.25, 0.3) is 0 Å². The molecule has 0 bridgehead atoms. The van der Waals surface area contributed by atoms with Gasteiger partial charge in [-0.15, -0.1) is 0 Å². The minimum Gasteiger partial charge on any atom is -0.493 e. The Labute approximate surface area is 199 Å². The molecular formula is C25H26N2O6S. The number of nitrogens with zero attached hydrogens (tertiary/aromatic N) is 1. The maximum atomic E-state index is 13.4. The molecule has 1 atom stereocenters. The Bertz CT molecular complexity index is 1260. The van der Waals surface area contributed by atoms with E-state index in [2.05, 4.69) is 5.32 Å². The fraction of sp³-hybridized carbons (Fsp3) is 0.240. The van der Waals surface area contributed by atoms with Gasteiger partial charge in [0, 0.05) is 0 Å². The molecule has 9 heteroatoms. The van der Waals surface area contributed by atoms with Crippen LogP contribution in [0.2, 0.25) is 0 Å². The molecule has 1 aliphatic heterocycles. The summed E-state index contributed by atoms with van der Waals surface area (Å²) >= 11 is 0. The Hall–Kier alpha value is -3.72. The number of hydrogen-bond acceptors (Lipinski definition) is 6. The fourth-order valence-electron chi connectivity index (χ4n) is 3.63. The predicted octanol–water partition coefficient (Wildman–Crippen LogP) is 3.16. The zero-order valence-electron chi connectivity index (χ0n) is 18.9. The van der Waals surface area contributed by atoms with Gasteiger partial charge >= 0.3 is 0 Å². The first-order valence-electron chi connectivity index (χ1n) is 10.8. The number of sulfonamides is 1. The monoisotopic (exact) mass is 482 g/mol. The molecule has 0 aliphatic carbocycles. The smallest absolute Gasteiger partial charge is 0.264 e. The number of amides is 1. The van der Waals surface area contributed by atoms with Crippen LogP contribution in [0.15, 0.2) is 77.7 Å². The summed E-state index contributed by atoms with van der Waals surface area (Å²) in [6.07, 6.45) is -1.01. The predicted molar refractivity (Wildman–Crippen MR) is 128 cm³/mol. The van der Waals surface area contributed by atoms with Gasteiger partial charge in [-0.1, -0.05) is 36.4 Å². The number of carbonyl (C=O) groups is 1. The largest absolute Gasteiger partial charge is 0.493 e. The molecule has 34 heavy (non-hydrogen) atoms. The third-order valence-electron chi connectivity index (χ3n) is 5.34. The van der Waals surface area contributed by atoms with E-state index in [-0.39, 0.29) is 24.6 Å². The van der Waals surface area contributed by atoms with E-state index >= 15 is 0 Å². The van der Waals surface area contributed by atoms with Gasteiger partial charge in [0.2, 0.25) is 0 Å². The number of aryl methyl sites for hydroxylation is 1. The maximum Gasteiger partial charge on any atom is 0.264 e. The summed E-state index contributed by atoms with van der Waals surface area (Å²) < 4.78 is 44.8. The molecule has 1 amide bonds. The summed E-state index contributed by atoms with van der Waals surface area (Å²) in [5.41, 5.74) is 1.29. The number of benzene rings is 3. The van der Waals surface area contributed by atoms with Gasteiger partial charge in [-0.2, -0.15) is 0 Å². The second kappa shape index (κ2) is 10.0. The Kier molecular flexibility index (Phi) is 6.93. The molecule has 1 N–H and O–H groups in total. The van der Waals surface area contributed by atoms with E-state index in [0.29, 0.717) is 22.9 Å². The van der Waals surface area contributed by atoms with Crippen molar-refractivity contribution in [2.75, 3.05) is 31.1 Å². The first-order chi connectivity index (χ1) is 16.4. The van der Waals surface area contributed by atoms with Crippen molar-refractivity contribution in [2.45, 2.75) is 17.9 Å². The van der Waals surface area contributed by atoms with Crippen molar-refractivity contribution in [3.8, 4) is 17.2 Å². The number of anilines is 1. The minimum atomic E-state index is -3.89. The molecule has 0 spiro atoms. The van der Waals surface area contributed by atoms with Crippen molar-refractivity contribution in [1.82, 2.24) is 5.32 Å². The number of para-hydroxylation sites is 2. The lowest BCUT2D eigenvalue weighted by molar-refractivity contribution is -0.127. The van der Waals surface area contributed by atoms with Crippen molar-refractivity contribution in [2.24, 2.45) is 0 Å². The van der Waals surface area contributed by atoms with Gasteiger partial charge in [-0.3, -0.25) is 9.10 Å². The molecule has 1 aliphatic rings. The van der Waals surface area contributed by atoms with Crippen LogP contribution in [-0.4, -0.2) is 47.2 Å². The lowest BCUT2D eigenvalue weighted by atomic mass is 10.1. The highest BCUT2D eigenvalue weighted by molar-refractivity contribution is 7.92. The van der Waals surface area contributed by atoms with E-state index in [1.54, 1.807) is 49.6 Å². The first-order valence-corrected chi connectivity index (χ1v) is 12.2. The number of nitrogens with one attached hydrogen (secondary N) is 1. The normalized spacial score (nSPS) is 15.1. The zero-order chi connectivity index (χ0) is 24.1. The molecule has 8 nitrogen and oxygen atoms in total. The fourth-order valence-corrected chi connectivity index (χ4v) is 5.13. The number of ether oxygens (including phenoxy) is 3. The van der Waals surface area contributed by atoms with E-state index < -0.39 is 22.0 Å². The van der Waals surface area contributed by atoms with Crippen LogP contribution in [0.3, 0.4) is 0 Å². The molecule has 3 aromatic carbocycles. The lowest BCUT2D eigenvalue weighted by Crippen LogP contribution is -2.51. The van der Waals surface area contributed by atoms with Crippen LogP contribution >= 0.6 is 0 Å². The molecule has 178 valence electrons. The Morgan fingerprint density at radius 2 is 1.76 bits per heavy atom. The van der Waals surface area contributed by atoms with E-state index in [0.717, 1.165) is 5.56 Å². The van der Waals surface area contributed by atoms with Crippen molar-refractivity contribution in [3.05, 3.63) is 78.4 Å². The highest BCUT2D eigenvalue weighted by Crippen LogP contribution is 2.37. The molecule has 3 aromatic rings. The van der Waals surface area contributed by atoms with Gasteiger partial charge in [0.25, 0.3) is 15.9 Å². The molecule has 0 saturated heterocycles. The van der Waals surface area contributed by atoms with Crippen molar-refractivity contribution in [3.63, 3.8) is 0 Å². The van der Waals surface area contributed by atoms with Gasteiger partial charge in [0.05, 0.1) is 30.8 Å². The average Bonchev–Trinajstić information content (AvgIpc) is 2.86. The number of fused-ring (bicyclic) bond motifs is 1. The van der Waals surface area contributed by atoms with Crippen LogP contribution in [0.1, 0.15) is 5.56 Å². The van der Waals surface area contributed by atoms with Crippen molar-refractivity contribution in [1.29, 1.82) is 0 Å². The van der Waals surface area contributed by atoms with Gasteiger partial charge < -0.3 is 19.5 Å². The van der Waals surface area contributed by atoms with Crippen molar-refractivity contribution >= 4 is 21.6 Å². The third-order valence-corrected chi connectivity index (χ3v) is 7.13. The number of methoxy groups -OCH3 is 1. The highest BCUT2D eigenvalue weighted by atomic mass is 32.2. The summed E-state index contributed by atoms with van der Waals surface area (Å²) in [6, 6.07) is 20.6. The van der Waals surface area contributed by atoms with E-state index in [4.69, 9.17) is 14.2 Å². The SMILES string of the molecule is COc1ccccc1OCCNC(=O)C1CN(S(=O)(=O)c2ccccc2)c2ccc(C)cc2O1. The Balaban J connectivity index is 1.48. The quantitative estimate of drug-likeness (QED) is 0.496. The van der Waals surface area contributed by atoms with Crippen molar-refractivity contribution < 1.29 is 27.4 Å². The number of hydrogen-bond donors (Lipinski definition) is 1. The van der Waals surface area contributed by atoms with E-state index in [9.17, 15) is 13.2 Å². The third kappa shape index (κ3) is 4.94. The molecular weight excluding hydrogens is 456 g/mol. The Morgan fingerprint density at radius 1 is 1.06 bits per heavy atom. The van der Waals surface area contributed by atoms with Crippen LogP contribution in [0.4, 0.5) is 5.69 Å². The molecule has 1 heterocycles. The Morgan fingerprint density at radius 3 is 2.50 bits per heavy atom. The van der Waals surface area contributed by atoms with Crippen LogP contribution < -0.4 is 23.8 Å². The van der Waals surface area contributed by atoms with Gasteiger partial charge in [0.15, 0.2) is 17.6 Å². The molecule has 0 fully saturated rings. The molecule has 0 saturated carbocycles. The van der Waals surface area contributed by atoms with Crippen LogP contribution in [0, 0.1) is 6.92 Å². The van der Waals surface area contributed by atoms with Gasteiger partial charge in [0.1, 0.15) is 12.4 Å². The molecule has 1 unspecified atom stereocenters. The van der Waals surface area contributed by atoms with Gasteiger partial charge in [-0.25, -0.2) is 8.42 Å². The lowest BCUT2D eigenvalue weighted by Gasteiger charge is -2.35. The zero-order valence-corrected chi connectivity index (χ0v) is 19.7. The average molecular weight is 483 g/mol. The van der Waals surface area contributed by atoms with Gasteiger partial charge in [-0.05, 0) is 48.9 Å². The topological polar surface area (TPSA) is 94.2 Å². The summed E-state index contributed by atoms with van der Waals surface area (Å²) in [5, 5.41) is 2.77. The maximum absolute atomic E-state index is 13.4. The summed E-state index contributed by atoms with van der Waals surface area (Å²) in [4.78, 5) is 13.0. The van der Waals surface area contributed by atoms with E-state index in [1.165, 1.54) is 16.4 Å². The summed E-state index contributed by atoms with van der Waals surface area (Å²) in [5.74, 6) is 1.08. The highest BCUT2D eigenvalue weighted by Gasteiger charge is 2.37. The second-order valence-electron chi connectivity index (χ2n) is 7.72. The standard InChI is InChI=1S/C25H26N2O6S/c1-18-12-13-20-23(16-18)33-24(17-27(20)34(29,30)19-8-4-3-5-9-19)25(28)26-14-15-32-22-11-7-6-10-21(22)31-2/h3-13,16,24H,14-15,17H2,1-2H3,(H,26,28). The van der Waals surface area contributed by atoms with E-state index in [1.807, 2.05) is 25.1 Å². The molecule has 4 rings (SSSR count). The molecule has 0 radical (unpaired) electrons. The molecule has 0 aromatic heterocycles.